The third-order valence-corrected chi connectivity index (χ3v) is 2.74. The van der Waals surface area contributed by atoms with Crippen LogP contribution in [0.5, 0.6) is 0 Å². The standard InChI is InChI=1S/C17H16/c1-3-8-15-11-14(4-2)12-17(13-15)16-9-6-5-7-10-16/h3-7,9-13H,1-2,8H2. The van der Waals surface area contributed by atoms with Gasteiger partial charge >= 0.3 is 0 Å². The van der Waals surface area contributed by atoms with Crippen LogP contribution in [0, 0.1) is 0 Å². The lowest BCUT2D eigenvalue weighted by molar-refractivity contribution is 1.27. The van der Waals surface area contributed by atoms with E-state index in [0.29, 0.717) is 0 Å². The van der Waals surface area contributed by atoms with E-state index in [1.807, 2.05) is 18.2 Å². The van der Waals surface area contributed by atoms with Crippen LogP contribution in [-0.2, 0) is 6.42 Å². The summed E-state index contributed by atoms with van der Waals surface area (Å²) in [6.45, 7) is 7.63. The maximum Gasteiger partial charge on any atom is -0.00997 e. The van der Waals surface area contributed by atoms with Gasteiger partial charge in [0.2, 0.25) is 0 Å². The molecule has 0 aromatic heterocycles. The van der Waals surface area contributed by atoms with Crippen LogP contribution in [-0.4, -0.2) is 0 Å². The van der Waals surface area contributed by atoms with Crippen molar-refractivity contribution < 1.29 is 0 Å². The Morgan fingerprint density at radius 2 is 1.65 bits per heavy atom. The third-order valence-electron chi connectivity index (χ3n) is 2.74. The van der Waals surface area contributed by atoms with Crippen molar-refractivity contribution in [3.05, 3.63) is 78.9 Å². The molecule has 0 spiro atoms. The minimum atomic E-state index is 0.890. The lowest BCUT2D eigenvalue weighted by Gasteiger charge is -2.06. The molecule has 0 aliphatic heterocycles. The number of rotatable bonds is 4. The molecule has 2 aromatic rings. The van der Waals surface area contributed by atoms with E-state index >= 15 is 0 Å². The molecule has 0 amide bonds. The van der Waals surface area contributed by atoms with E-state index < -0.39 is 0 Å². The van der Waals surface area contributed by atoms with Crippen LogP contribution in [0.2, 0.25) is 0 Å². The molecule has 0 saturated carbocycles. The van der Waals surface area contributed by atoms with Gasteiger partial charge in [0, 0.05) is 0 Å². The van der Waals surface area contributed by atoms with E-state index in [2.05, 4.69) is 55.6 Å². The molecule has 0 nitrogen and oxygen atoms in total. The topological polar surface area (TPSA) is 0 Å². The van der Waals surface area contributed by atoms with Crippen molar-refractivity contribution in [1.82, 2.24) is 0 Å². The molecule has 0 bridgehead atoms. The summed E-state index contributed by atoms with van der Waals surface area (Å²) in [6, 6.07) is 16.9. The number of allylic oxidation sites excluding steroid dienone is 1. The van der Waals surface area contributed by atoms with Crippen molar-refractivity contribution in [2.24, 2.45) is 0 Å². The zero-order valence-electron chi connectivity index (χ0n) is 9.89. The van der Waals surface area contributed by atoms with Gasteiger partial charge in [-0.15, -0.1) is 6.58 Å². The second-order valence-corrected chi connectivity index (χ2v) is 4.03. The molecule has 2 rings (SSSR count). The molecule has 0 heteroatoms. The van der Waals surface area contributed by atoms with Crippen molar-refractivity contribution in [3.8, 4) is 11.1 Å². The number of hydrogen-bond acceptors (Lipinski definition) is 0. The molecule has 0 fully saturated rings. The largest absolute Gasteiger partial charge is 0.103 e. The number of benzene rings is 2. The molecule has 0 atom stereocenters. The SMILES string of the molecule is C=CCc1cc(C=C)cc(-c2ccccc2)c1. The highest BCUT2D eigenvalue weighted by Crippen LogP contribution is 2.23. The molecule has 0 aliphatic rings. The summed E-state index contributed by atoms with van der Waals surface area (Å²) < 4.78 is 0. The van der Waals surface area contributed by atoms with Gasteiger partial charge in [-0.2, -0.15) is 0 Å². The highest BCUT2D eigenvalue weighted by Gasteiger charge is 2.00. The summed E-state index contributed by atoms with van der Waals surface area (Å²) in [7, 11) is 0. The second-order valence-electron chi connectivity index (χ2n) is 4.03. The van der Waals surface area contributed by atoms with Gasteiger partial charge in [-0.05, 0) is 34.7 Å². The van der Waals surface area contributed by atoms with E-state index in [-0.39, 0.29) is 0 Å². The lowest BCUT2D eigenvalue weighted by Crippen LogP contribution is -1.86. The molecular formula is C17H16. The van der Waals surface area contributed by atoms with Crippen LogP contribution in [0.3, 0.4) is 0 Å². The summed E-state index contributed by atoms with van der Waals surface area (Å²) in [4.78, 5) is 0. The zero-order chi connectivity index (χ0) is 12.1. The Kier molecular flexibility index (Phi) is 3.56. The molecule has 0 saturated heterocycles. The minimum absolute atomic E-state index is 0.890. The Bertz CT molecular complexity index is 521. The molecule has 0 aliphatic carbocycles. The van der Waals surface area contributed by atoms with E-state index in [4.69, 9.17) is 0 Å². The maximum absolute atomic E-state index is 3.84. The highest BCUT2D eigenvalue weighted by atomic mass is 14.1. The van der Waals surface area contributed by atoms with E-state index in [1.165, 1.54) is 16.7 Å². The van der Waals surface area contributed by atoms with Gasteiger partial charge < -0.3 is 0 Å². The Morgan fingerprint density at radius 1 is 0.882 bits per heavy atom. The molecule has 0 unspecified atom stereocenters. The van der Waals surface area contributed by atoms with Crippen molar-refractivity contribution in [3.63, 3.8) is 0 Å². The van der Waals surface area contributed by atoms with Crippen LogP contribution in [0.1, 0.15) is 11.1 Å². The molecule has 0 radical (unpaired) electrons. The normalized spacial score (nSPS) is 9.88. The van der Waals surface area contributed by atoms with Crippen LogP contribution in [0.15, 0.2) is 67.8 Å². The first-order valence-electron chi connectivity index (χ1n) is 5.76. The van der Waals surface area contributed by atoms with Crippen LogP contribution in [0.25, 0.3) is 17.2 Å². The molecule has 84 valence electrons. The summed E-state index contributed by atoms with van der Waals surface area (Å²) in [6.07, 6.45) is 4.71. The van der Waals surface area contributed by atoms with E-state index in [9.17, 15) is 0 Å². The zero-order valence-corrected chi connectivity index (χ0v) is 9.89. The van der Waals surface area contributed by atoms with Gasteiger partial charge in [-0.1, -0.05) is 61.2 Å². The van der Waals surface area contributed by atoms with Gasteiger partial charge in [-0.3, -0.25) is 0 Å². The van der Waals surface area contributed by atoms with Gasteiger partial charge in [0.25, 0.3) is 0 Å². The highest BCUT2D eigenvalue weighted by molar-refractivity contribution is 5.68. The first-order valence-corrected chi connectivity index (χ1v) is 5.76. The Morgan fingerprint density at radius 3 is 2.29 bits per heavy atom. The monoisotopic (exact) mass is 220 g/mol. The quantitative estimate of drug-likeness (QED) is 0.654. The van der Waals surface area contributed by atoms with Crippen LogP contribution < -0.4 is 0 Å². The molecule has 2 aromatic carbocycles. The van der Waals surface area contributed by atoms with Crippen molar-refractivity contribution in [1.29, 1.82) is 0 Å². The third kappa shape index (κ3) is 2.73. The lowest BCUT2D eigenvalue weighted by atomic mass is 9.98. The Hall–Kier alpha value is -2.08. The van der Waals surface area contributed by atoms with Crippen molar-refractivity contribution in [2.75, 3.05) is 0 Å². The van der Waals surface area contributed by atoms with Gasteiger partial charge in [0.05, 0.1) is 0 Å². The summed E-state index contributed by atoms with van der Waals surface area (Å²) >= 11 is 0. The van der Waals surface area contributed by atoms with E-state index in [0.717, 1.165) is 12.0 Å². The average Bonchev–Trinajstić information content (AvgIpc) is 2.40. The predicted molar refractivity (Wildman–Crippen MR) is 75.9 cm³/mol. The van der Waals surface area contributed by atoms with Gasteiger partial charge in [0.15, 0.2) is 0 Å². The van der Waals surface area contributed by atoms with Gasteiger partial charge in [0.1, 0.15) is 0 Å². The number of hydrogen-bond donors (Lipinski definition) is 0. The fraction of sp³-hybridized carbons (Fsp3) is 0.0588. The summed E-state index contributed by atoms with van der Waals surface area (Å²) in [5.74, 6) is 0. The fourth-order valence-electron chi connectivity index (χ4n) is 1.92. The van der Waals surface area contributed by atoms with Crippen molar-refractivity contribution >= 4 is 6.08 Å². The maximum atomic E-state index is 3.84. The van der Waals surface area contributed by atoms with Crippen LogP contribution >= 0.6 is 0 Å². The smallest absolute Gasteiger partial charge is 0.00997 e. The molecule has 0 heterocycles. The summed E-state index contributed by atoms with van der Waals surface area (Å²) in [5.41, 5.74) is 4.90. The fourth-order valence-corrected chi connectivity index (χ4v) is 1.92. The van der Waals surface area contributed by atoms with Gasteiger partial charge in [-0.25, -0.2) is 0 Å². The first-order chi connectivity index (χ1) is 8.33. The molecule has 0 N–H and O–H groups in total. The van der Waals surface area contributed by atoms with E-state index in [1.54, 1.807) is 0 Å². The Balaban J connectivity index is 2.50. The minimum Gasteiger partial charge on any atom is -0.103 e. The van der Waals surface area contributed by atoms with Crippen LogP contribution in [0.4, 0.5) is 0 Å². The Labute approximate surface area is 103 Å². The summed E-state index contributed by atoms with van der Waals surface area (Å²) in [5, 5.41) is 0. The molecule has 17 heavy (non-hydrogen) atoms. The first kappa shape index (κ1) is 11.4. The predicted octanol–water partition coefficient (Wildman–Crippen LogP) is 4.73. The average molecular weight is 220 g/mol. The van der Waals surface area contributed by atoms with Crippen molar-refractivity contribution in [2.45, 2.75) is 6.42 Å². The second kappa shape index (κ2) is 5.31. The molecular weight excluding hydrogens is 204 g/mol.